The molecule has 0 amide bonds. The molecule has 0 saturated heterocycles. The number of alkyl halides is 1. The predicted octanol–water partition coefficient (Wildman–Crippen LogP) is 4.93. The highest BCUT2D eigenvalue weighted by Crippen LogP contribution is 2.39. The van der Waals surface area contributed by atoms with Gasteiger partial charge in [-0.1, -0.05) is 34.1 Å². The number of rotatable bonds is 4. The fourth-order valence-corrected chi connectivity index (χ4v) is 3.79. The van der Waals surface area contributed by atoms with Crippen molar-refractivity contribution in [3.63, 3.8) is 0 Å². The summed E-state index contributed by atoms with van der Waals surface area (Å²) in [5.41, 5.74) is 1.53. The van der Waals surface area contributed by atoms with E-state index in [1.165, 1.54) is 20.3 Å². The van der Waals surface area contributed by atoms with Crippen LogP contribution in [0, 0.1) is 9.39 Å². The minimum absolute atomic E-state index is 0.240. The first-order valence-electron chi connectivity index (χ1n) is 5.88. The molecule has 0 aliphatic carbocycles. The lowest BCUT2D eigenvalue weighted by atomic mass is 10.0. The molecule has 0 saturated carbocycles. The van der Waals surface area contributed by atoms with Gasteiger partial charge in [-0.3, -0.25) is 0 Å². The first-order valence-corrected chi connectivity index (χ1v) is 7.87. The van der Waals surface area contributed by atoms with Gasteiger partial charge in [0.1, 0.15) is 5.82 Å². The molecule has 2 rings (SSSR count). The molecule has 5 heteroatoms. The molecule has 0 spiro atoms. The molecular weight excluding hydrogens is 438 g/mol. The number of hydrogen-bond acceptors (Lipinski definition) is 2. The van der Waals surface area contributed by atoms with Crippen molar-refractivity contribution in [1.82, 2.24) is 0 Å². The number of halogens is 3. The first-order chi connectivity index (χ1) is 9.58. The van der Waals surface area contributed by atoms with Crippen LogP contribution in [0.4, 0.5) is 4.39 Å². The monoisotopic (exact) mass is 450 g/mol. The molecule has 0 aromatic heterocycles. The summed E-state index contributed by atoms with van der Waals surface area (Å²) in [6.45, 7) is 0. The Balaban J connectivity index is 2.50. The molecule has 0 N–H and O–H groups in total. The lowest BCUT2D eigenvalue weighted by molar-refractivity contribution is 0.351. The van der Waals surface area contributed by atoms with Crippen molar-refractivity contribution >= 4 is 38.5 Å². The fourth-order valence-electron chi connectivity index (χ4n) is 1.91. The van der Waals surface area contributed by atoms with E-state index in [-0.39, 0.29) is 10.6 Å². The molecule has 0 aliphatic heterocycles. The van der Waals surface area contributed by atoms with E-state index < -0.39 is 0 Å². The zero-order chi connectivity index (χ0) is 14.7. The summed E-state index contributed by atoms with van der Waals surface area (Å²) >= 11 is 5.80. The summed E-state index contributed by atoms with van der Waals surface area (Å²) in [7, 11) is 3.03. The molecule has 2 aromatic rings. The van der Waals surface area contributed by atoms with Crippen LogP contribution in [0.3, 0.4) is 0 Å². The summed E-state index contributed by atoms with van der Waals surface area (Å²) in [6.07, 6.45) is 0. The Kier molecular flexibility index (Phi) is 5.26. The molecule has 0 aliphatic rings. The van der Waals surface area contributed by atoms with Crippen molar-refractivity contribution in [3.8, 4) is 11.5 Å². The minimum Gasteiger partial charge on any atom is -0.493 e. The zero-order valence-electron chi connectivity index (χ0n) is 11.0. The van der Waals surface area contributed by atoms with Crippen LogP contribution in [0.2, 0.25) is 0 Å². The molecule has 20 heavy (non-hydrogen) atoms. The molecule has 0 heterocycles. The molecule has 2 nitrogen and oxygen atoms in total. The zero-order valence-corrected chi connectivity index (χ0v) is 14.7. The third-order valence-electron chi connectivity index (χ3n) is 2.95. The van der Waals surface area contributed by atoms with Crippen LogP contribution in [0.1, 0.15) is 16.0 Å². The maximum absolute atomic E-state index is 14.3. The second-order valence-corrected chi connectivity index (χ2v) is 6.19. The van der Waals surface area contributed by atoms with Crippen molar-refractivity contribution in [3.05, 3.63) is 56.9 Å². The Hall–Kier alpha value is -0.820. The number of ether oxygens (including phenoxy) is 2. The largest absolute Gasteiger partial charge is 0.493 e. The van der Waals surface area contributed by atoms with Crippen molar-refractivity contribution in [1.29, 1.82) is 0 Å². The lowest BCUT2D eigenvalue weighted by Crippen LogP contribution is -2.01. The van der Waals surface area contributed by atoms with Crippen LogP contribution in [0.25, 0.3) is 0 Å². The highest BCUT2D eigenvalue weighted by atomic mass is 127. The Morgan fingerprint density at radius 2 is 1.65 bits per heavy atom. The van der Waals surface area contributed by atoms with Crippen LogP contribution >= 0.6 is 38.5 Å². The Labute approximate surface area is 139 Å². The van der Waals surface area contributed by atoms with Crippen molar-refractivity contribution < 1.29 is 13.9 Å². The Morgan fingerprint density at radius 3 is 2.25 bits per heavy atom. The second kappa shape index (κ2) is 6.76. The summed E-state index contributed by atoms with van der Waals surface area (Å²) in [6, 6.07) is 10.9. The molecule has 1 unspecified atom stereocenters. The van der Waals surface area contributed by atoms with E-state index in [1.54, 1.807) is 6.07 Å². The third kappa shape index (κ3) is 3.09. The average molecular weight is 451 g/mol. The van der Waals surface area contributed by atoms with Crippen LogP contribution in [-0.4, -0.2) is 14.2 Å². The smallest absolute Gasteiger partial charge is 0.163 e. The van der Waals surface area contributed by atoms with E-state index in [2.05, 4.69) is 38.5 Å². The van der Waals surface area contributed by atoms with Gasteiger partial charge in [-0.05, 0) is 40.3 Å². The van der Waals surface area contributed by atoms with Crippen LogP contribution < -0.4 is 9.47 Å². The fraction of sp³-hybridized carbons (Fsp3) is 0.200. The van der Waals surface area contributed by atoms with E-state index in [1.807, 2.05) is 24.3 Å². The second-order valence-electron chi connectivity index (χ2n) is 4.11. The van der Waals surface area contributed by atoms with Crippen LogP contribution in [0.15, 0.2) is 36.4 Å². The van der Waals surface area contributed by atoms with Crippen molar-refractivity contribution in [2.45, 2.75) is 4.83 Å². The molecule has 0 bridgehead atoms. The topological polar surface area (TPSA) is 18.5 Å². The highest BCUT2D eigenvalue weighted by molar-refractivity contribution is 14.1. The quantitative estimate of drug-likeness (QED) is 0.485. The summed E-state index contributed by atoms with van der Waals surface area (Å²) in [4.78, 5) is -0.240. The van der Waals surface area contributed by atoms with Crippen molar-refractivity contribution in [2.75, 3.05) is 14.2 Å². The van der Waals surface area contributed by atoms with Gasteiger partial charge in [0.15, 0.2) is 11.5 Å². The number of hydrogen-bond donors (Lipinski definition) is 0. The van der Waals surface area contributed by atoms with E-state index in [4.69, 9.17) is 9.47 Å². The van der Waals surface area contributed by atoms with Gasteiger partial charge in [-0.15, -0.1) is 0 Å². The van der Waals surface area contributed by atoms with Gasteiger partial charge in [0.25, 0.3) is 0 Å². The highest BCUT2D eigenvalue weighted by Gasteiger charge is 2.20. The molecule has 1 atom stereocenters. The van der Waals surface area contributed by atoms with Crippen LogP contribution in [0.5, 0.6) is 11.5 Å². The van der Waals surface area contributed by atoms with Gasteiger partial charge in [0, 0.05) is 15.2 Å². The molecule has 2 aromatic carbocycles. The Morgan fingerprint density at radius 1 is 1.05 bits per heavy atom. The van der Waals surface area contributed by atoms with E-state index in [0.29, 0.717) is 17.1 Å². The van der Waals surface area contributed by atoms with Gasteiger partial charge in [-0.25, -0.2) is 4.39 Å². The third-order valence-corrected chi connectivity index (χ3v) is 4.92. The number of benzene rings is 2. The van der Waals surface area contributed by atoms with E-state index in [0.717, 1.165) is 9.13 Å². The summed E-state index contributed by atoms with van der Waals surface area (Å²) in [5.74, 6) is 0.569. The predicted molar refractivity (Wildman–Crippen MR) is 89.4 cm³/mol. The molecular formula is C15H13BrFIO2. The average Bonchev–Trinajstić information content (AvgIpc) is 2.46. The standard InChI is InChI=1S/C15H13BrFIO2/c1-19-13-7-10(11(17)8-14(13)20-2)15(16)9-5-3-4-6-12(9)18/h3-8,15H,1-2H3. The number of methoxy groups -OCH3 is 2. The van der Waals surface area contributed by atoms with Gasteiger partial charge in [0.2, 0.25) is 0 Å². The summed E-state index contributed by atoms with van der Waals surface area (Å²) in [5, 5.41) is 0. The lowest BCUT2D eigenvalue weighted by Gasteiger charge is -2.16. The van der Waals surface area contributed by atoms with Gasteiger partial charge in [0.05, 0.1) is 19.0 Å². The minimum atomic E-state index is -0.329. The van der Waals surface area contributed by atoms with E-state index >= 15 is 0 Å². The summed E-state index contributed by atoms with van der Waals surface area (Å²) < 4.78 is 25.7. The van der Waals surface area contributed by atoms with E-state index in [9.17, 15) is 4.39 Å². The Bertz CT molecular complexity index is 619. The van der Waals surface area contributed by atoms with Crippen molar-refractivity contribution in [2.24, 2.45) is 0 Å². The molecule has 0 radical (unpaired) electrons. The van der Waals surface area contributed by atoms with Crippen LogP contribution in [-0.2, 0) is 0 Å². The molecule has 0 fully saturated rings. The SMILES string of the molecule is COc1cc(F)c(C(Br)c2ccccc2I)cc1OC. The maximum Gasteiger partial charge on any atom is 0.163 e. The first kappa shape index (κ1) is 15.6. The molecule has 106 valence electrons. The van der Waals surface area contributed by atoms with Gasteiger partial charge >= 0.3 is 0 Å². The maximum atomic E-state index is 14.3. The van der Waals surface area contributed by atoms with Gasteiger partial charge < -0.3 is 9.47 Å². The van der Waals surface area contributed by atoms with Gasteiger partial charge in [-0.2, -0.15) is 0 Å². The normalized spacial score (nSPS) is 12.1.